The standard InChI is InChI=1S/C11H14N4O/c1-12-7-9-10-8-3-2-4-13-11(8)14-15(10)5-6-16-9/h2-4,9,12H,5-7H2,1H3/t9-/m1/s1. The second kappa shape index (κ2) is 3.84. The van der Waals surface area contributed by atoms with E-state index in [1.165, 1.54) is 0 Å². The van der Waals surface area contributed by atoms with Gasteiger partial charge in [0.2, 0.25) is 0 Å². The van der Waals surface area contributed by atoms with E-state index < -0.39 is 0 Å². The van der Waals surface area contributed by atoms with Gasteiger partial charge in [-0.3, -0.25) is 4.68 Å². The molecule has 1 aliphatic heterocycles. The lowest BCUT2D eigenvalue weighted by atomic mass is 10.1. The summed E-state index contributed by atoms with van der Waals surface area (Å²) in [6, 6.07) is 3.99. The monoisotopic (exact) mass is 218 g/mol. The first-order valence-corrected chi connectivity index (χ1v) is 5.48. The number of hydrogen-bond acceptors (Lipinski definition) is 4. The molecule has 0 fully saturated rings. The van der Waals surface area contributed by atoms with Crippen molar-refractivity contribution in [2.75, 3.05) is 20.2 Å². The smallest absolute Gasteiger partial charge is 0.181 e. The number of hydrogen-bond donors (Lipinski definition) is 1. The molecule has 0 unspecified atom stereocenters. The third-order valence-corrected chi connectivity index (χ3v) is 2.87. The van der Waals surface area contributed by atoms with Crippen LogP contribution in [0.2, 0.25) is 0 Å². The van der Waals surface area contributed by atoms with Crippen molar-refractivity contribution >= 4 is 11.0 Å². The quantitative estimate of drug-likeness (QED) is 0.807. The SMILES string of the molecule is CNC[C@H]1OCCn2nc3ncccc3c21. The molecule has 2 aromatic heterocycles. The Hall–Kier alpha value is -1.46. The van der Waals surface area contributed by atoms with Crippen LogP contribution < -0.4 is 5.32 Å². The highest BCUT2D eigenvalue weighted by Crippen LogP contribution is 2.28. The molecule has 5 nitrogen and oxygen atoms in total. The van der Waals surface area contributed by atoms with E-state index in [-0.39, 0.29) is 6.10 Å². The zero-order chi connectivity index (χ0) is 11.0. The fraction of sp³-hybridized carbons (Fsp3) is 0.455. The molecule has 0 bridgehead atoms. The zero-order valence-corrected chi connectivity index (χ0v) is 9.18. The van der Waals surface area contributed by atoms with Crippen LogP contribution in [0.5, 0.6) is 0 Å². The summed E-state index contributed by atoms with van der Waals surface area (Å²) < 4.78 is 7.78. The van der Waals surface area contributed by atoms with Crippen molar-refractivity contribution in [1.29, 1.82) is 0 Å². The fourth-order valence-corrected chi connectivity index (χ4v) is 2.20. The normalized spacial score (nSPS) is 19.9. The molecule has 1 N–H and O–H groups in total. The molecule has 16 heavy (non-hydrogen) atoms. The molecule has 1 atom stereocenters. The van der Waals surface area contributed by atoms with Gasteiger partial charge < -0.3 is 10.1 Å². The number of nitrogens with one attached hydrogen (secondary N) is 1. The molecule has 0 saturated heterocycles. The van der Waals surface area contributed by atoms with Crippen LogP contribution >= 0.6 is 0 Å². The van der Waals surface area contributed by atoms with Gasteiger partial charge in [0.15, 0.2) is 5.65 Å². The van der Waals surface area contributed by atoms with E-state index in [0.717, 1.165) is 29.8 Å². The number of pyridine rings is 1. The maximum atomic E-state index is 5.76. The summed E-state index contributed by atoms with van der Waals surface area (Å²) in [7, 11) is 1.93. The number of fused-ring (bicyclic) bond motifs is 3. The number of aromatic nitrogens is 3. The average Bonchev–Trinajstić information content (AvgIpc) is 2.68. The van der Waals surface area contributed by atoms with E-state index in [4.69, 9.17) is 4.74 Å². The summed E-state index contributed by atoms with van der Waals surface area (Å²) in [6.07, 6.45) is 1.85. The van der Waals surface area contributed by atoms with Crippen LogP contribution in [0, 0.1) is 0 Å². The lowest BCUT2D eigenvalue weighted by molar-refractivity contribution is 0.0195. The molecule has 0 spiro atoms. The minimum atomic E-state index is 0.0768. The topological polar surface area (TPSA) is 52.0 Å². The average molecular weight is 218 g/mol. The molecule has 3 rings (SSSR count). The number of nitrogens with zero attached hydrogens (tertiary/aromatic N) is 3. The molecule has 5 heteroatoms. The van der Waals surface area contributed by atoms with E-state index in [0.29, 0.717) is 6.61 Å². The van der Waals surface area contributed by atoms with E-state index in [2.05, 4.69) is 21.5 Å². The first-order valence-electron chi connectivity index (χ1n) is 5.48. The third-order valence-electron chi connectivity index (χ3n) is 2.87. The molecular weight excluding hydrogens is 204 g/mol. The molecule has 84 valence electrons. The minimum Gasteiger partial charge on any atom is -0.369 e. The Labute approximate surface area is 93.4 Å². The Bertz CT molecular complexity index is 508. The molecule has 0 aromatic carbocycles. The highest BCUT2D eigenvalue weighted by atomic mass is 16.5. The Balaban J connectivity index is 2.16. The zero-order valence-electron chi connectivity index (χ0n) is 9.18. The van der Waals surface area contributed by atoms with Gasteiger partial charge in [0, 0.05) is 18.1 Å². The molecule has 0 saturated carbocycles. The Morgan fingerprint density at radius 3 is 3.44 bits per heavy atom. The van der Waals surface area contributed by atoms with Crippen molar-refractivity contribution in [2.45, 2.75) is 12.6 Å². The van der Waals surface area contributed by atoms with Gasteiger partial charge >= 0.3 is 0 Å². The second-order valence-electron chi connectivity index (χ2n) is 3.90. The summed E-state index contributed by atoms with van der Waals surface area (Å²) in [5.41, 5.74) is 1.95. The van der Waals surface area contributed by atoms with Crippen LogP contribution in [-0.2, 0) is 11.3 Å². The van der Waals surface area contributed by atoms with Gasteiger partial charge in [0.05, 0.1) is 18.8 Å². The summed E-state index contributed by atoms with van der Waals surface area (Å²) in [5, 5.41) is 8.73. The van der Waals surface area contributed by atoms with Gasteiger partial charge in [0.25, 0.3) is 0 Å². The summed E-state index contributed by atoms with van der Waals surface area (Å²) in [4.78, 5) is 4.27. The predicted molar refractivity (Wildman–Crippen MR) is 60.1 cm³/mol. The number of rotatable bonds is 2. The lowest BCUT2D eigenvalue weighted by Crippen LogP contribution is -2.28. The first-order chi connectivity index (χ1) is 7.90. The van der Waals surface area contributed by atoms with Gasteiger partial charge in [-0.1, -0.05) is 0 Å². The molecule has 0 radical (unpaired) electrons. The van der Waals surface area contributed by atoms with Crippen molar-refractivity contribution < 1.29 is 4.74 Å². The third kappa shape index (κ3) is 1.40. The van der Waals surface area contributed by atoms with Crippen LogP contribution in [0.1, 0.15) is 11.8 Å². The molecule has 0 aliphatic carbocycles. The van der Waals surface area contributed by atoms with E-state index in [1.54, 1.807) is 6.20 Å². The van der Waals surface area contributed by atoms with Gasteiger partial charge in [-0.25, -0.2) is 4.98 Å². The molecule has 2 aromatic rings. The van der Waals surface area contributed by atoms with E-state index >= 15 is 0 Å². The fourth-order valence-electron chi connectivity index (χ4n) is 2.20. The summed E-state index contributed by atoms with van der Waals surface area (Å²) in [6.45, 7) is 2.33. The molecule has 1 aliphatic rings. The van der Waals surface area contributed by atoms with Gasteiger partial charge in [-0.2, -0.15) is 5.10 Å². The lowest BCUT2D eigenvalue weighted by Gasteiger charge is -2.24. The van der Waals surface area contributed by atoms with Crippen molar-refractivity contribution in [3.63, 3.8) is 0 Å². The maximum Gasteiger partial charge on any atom is 0.181 e. The largest absolute Gasteiger partial charge is 0.369 e. The summed E-state index contributed by atoms with van der Waals surface area (Å²) >= 11 is 0. The van der Waals surface area contributed by atoms with Crippen molar-refractivity contribution in [3.8, 4) is 0 Å². The molecular formula is C11H14N4O. The Kier molecular flexibility index (Phi) is 2.34. The van der Waals surface area contributed by atoms with Gasteiger partial charge in [0.1, 0.15) is 6.10 Å². The van der Waals surface area contributed by atoms with E-state index in [1.807, 2.05) is 17.8 Å². The van der Waals surface area contributed by atoms with Crippen LogP contribution in [-0.4, -0.2) is 35.0 Å². The first kappa shape index (κ1) is 9.74. The van der Waals surface area contributed by atoms with Crippen LogP contribution in [0.4, 0.5) is 0 Å². The van der Waals surface area contributed by atoms with Crippen molar-refractivity contribution in [2.24, 2.45) is 0 Å². The predicted octanol–water partition coefficient (Wildman–Crippen LogP) is 0.722. The molecule has 3 heterocycles. The summed E-state index contributed by atoms with van der Waals surface area (Å²) in [5.74, 6) is 0. The molecule has 0 amide bonds. The van der Waals surface area contributed by atoms with E-state index in [9.17, 15) is 0 Å². The van der Waals surface area contributed by atoms with Crippen molar-refractivity contribution in [3.05, 3.63) is 24.0 Å². The Morgan fingerprint density at radius 2 is 2.56 bits per heavy atom. The maximum absolute atomic E-state index is 5.76. The Morgan fingerprint density at radius 1 is 1.62 bits per heavy atom. The van der Waals surface area contributed by atoms with Gasteiger partial charge in [-0.15, -0.1) is 0 Å². The van der Waals surface area contributed by atoms with Gasteiger partial charge in [-0.05, 0) is 19.2 Å². The highest BCUT2D eigenvalue weighted by Gasteiger charge is 2.24. The highest BCUT2D eigenvalue weighted by molar-refractivity contribution is 5.78. The minimum absolute atomic E-state index is 0.0768. The number of likely N-dealkylation sites (N-methyl/N-ethyl adjacent to an activating group) is 1. The van der Waals surface area contributed by atoms with Crippen LogP contribution in [0.15, 0.2) is 18.3 Å². The van der Waals surface area contributed by atoms with Crippen LogP contribution in [0.3, 0.4) is 0 Å². The number of ether oxygens (including phenoxy) is 1. The van der Waals surface area contributed by atoms with Crippen molar-refractivity contribution in [1.82, 2.24) is 20.1 Å². The van der Waals surface area contributed by atoms with Crippen LogP contribution in [0.25, 0.3) is 11.0 Å². The second-order valence-corrected chi connectivity index (χ2v) is 3.90.